The second-order valence-electron chi connectivity index (χ2n) is 8.02. The van der Waals surface area contributed by atoms with E-state index >= 15 is 0 Å². The van der Waals surface area contributed by atoms with Gasteiger partial charge in [0.25, 0.3) is 0 Å². The third-order valence-corrected chi connectivity index (χ3v) is 6.86. The Morgan fingerprint density at radius 3 is 2.08 bits per heavy atom. The molecule has 146 valence electrons. The van der Waals surface area contributed by atoms with E-state index in [1.165, 1.54) is 4.31 Å². The first-order valence-corrected chi connectivity index (χ1v) is 11.0. The highest BCUT2D eigenvalue weighted by molar-refractivity contribution is 7.89. The summed E-state index contributed by atoms with van der Waals surface area (Å²) in [6, 6.07) is 7.16. The number of piperazine rings is 1. The summed E-state index contributed by atoms with van der Waals surface area (Å²) in [7, 11) is -3.50. The molecule has 1 amide bonds. The van der Waals surface area contributed by atoms with Crippen molar-refractivity contribution in [2.45, 2.75) is 63.7 Å². The van der Waals surface area contributed by atoms with Gasteiger partial charge < -0.3 is 4.90 Å². The zero-order chi connectivity index (χ0) is 19.4. The van der Waals surface area contributed by atoms with E-state index in [0.29, 0.717) is 37.5 Å². The summed E-state index contributed by atoms with van der Waals surface area (Å²) in [5.41, 5.74) is 1.10. The van der Waals surface area contributed by atoms with Crippen LogP contribution in [0.2, 0.25) is 0 Å². The molecule has 0 N–H and O–H groups in total. The quantitative estimate of drug-likeness (QED) is 0.711. The van der Waals surface area contributed by atoms with Gasteiger partial charge in [-0.3, -0.25) is 4.79 Å². The standard InChI is InChI=1S/C20H32N2O3S/c1-5-6-7-8-19(23)21-13-15-22(16-14-21)26(24,25)18-11-9-17(10-12-18)20(2,3)4/h9-12H,5-8,13-16H2,1-4H3. The van der Waals surface area contributed by atoms with Crippen LogP contribution in [0.1, 0.15) is 58.9 Å². The SMILES string of the molecule is CCCCCC(=O)N1CCN(S(=O)(=O)c2ccc(C(C)(C)C)cc2)CC1. The van der Waals surface area contributed by atoms with E-state index in [2.05, 4.69) is 27.7 Å². The topological polar surface area (TPSA) is 57.7 Å². The summed E-state index contributed by atoms with van der Waals surface area (Å²) in [6.45, 7) is 10.1. The number of carbonyl (C=O) groups is 1. The van der Waals surface area contributed by atoms with Crippen LogP contribution in [-0.2, 0) is 20.2 Å². The molecule has 1 fully saturated rings. The van der Waals surface area contributed by atoms with Crippen LogP contribution in [0.4, 0.5) is 0 Å². The molecular weight excluding hydrogens is 348 g/mol. The van der Waals surface area contributed by atoms with Crippen LogP contribution in [0.25, 0.3) is 0 Å². The second kappa shape index (κ2) is 8.53. The molecule has 6 heteroatoms. The first-order chi connectivity index (χ1) is 12.2. The summed E-state index contributed by atoms with van der Waals surface area (Å²) >= 11 is 0. The highest BCUT2D eigenvalue weighted by Crippen LogP contribution is 2.25. The van der Waals surface area contributed by atoms with E-state index in [4.69, 9.17) is 0 Å². The predicted octanol–water partition coefficient (Wildman–Crippen LogP) is 3.40. The zero-order valence-corrected chi connectivity index (χ0v) is 17.3. The number of benzene rings is 1. The van der Waals surface area contributed by atoms with Crippen molar-refractivity contribution < 1.29 is 13.2 Å². The molecule has 2 rings (SSSR count). The number of hydrogen-bond donors (Lipinski definition) is 0. The van der Waals surface area contributed by atoms with Gasteiger partial charge in [-0.25, -0.2) is 8.42 Å². The minimum atomic E-state index is -3.50. The molecule has 0 aliphatic carbocycles. The van der Waals surface area contributed by atoms with Crippen LogP contribution in [0.15, 0.2) is 29.2 Å². The van der Waals surface area contributed by atoms with Gasteiger partial charge >= 0.3 is 0 Å². The molecule has 0 saturated carbocycles. The Morgan fingerprint density at radius 2 is 1.58 bits per heavy atom. The molecule has 0 bridgehead atoms. The number of amides is 1. The summed E-state index contributed by atoms with van der Waals surface area (Å²) < 4.78 is 27.2. The monoisotopic (exact) mass is 380 g/mol. The maximum atomic E-state index is 12.9. The molecule has 0 atom stereocenters. The third-order valence-electron chi connectivity index (χ3n) is 4.94. The van der Waals surface area contributed by atoms with Crippen LogP contribution in [0.5, 0.6) is 0 Å². The predicted molar refractivity (Wildman–Crippen MR) is 105 cm³/mol. The fraction of sp³-hybridized carbons (Fsp3) is 0.650. The average Bonchev–Trinajstić information content (AvgIpc) is 2.61. The van der Waals surface area contributed by atoms with E-state index < -0.39 is 10.0 Å². The Labute approximate surface area is 158 Å². The number of unbranched alkanes of at least 4 members (excludes halogenated alkanes) is 2. The van der Waals surface area contributed by atoms with Crippen molar-refractivity contribution in [3.05, 3.63) is 29.8 Å². The molecule has 1 aliphatic rings. The molecule has 1 aromatic rings. The second-order valence-corrected chi connectivity index (χ2v) is 9.95. The van der Waals surface area contributed by atoms with Gasteiger partial charge in [0, 0.05) is 32.6 Å². The molecule has 0 spiro atoms. The van der Waals surface area contributed by atoms with Crippen molar-refractivity contribution in [3.8, 4) is 0 Å². The molecule has 1 heterocycles. The van der Waals surface area contributed by atoms with Crippen LogP contribution in [-0.4, -0.2) is 49.7 Å². The van der Waals surface area contributed by atoms with Crippen molar-refractivity contribution in [2.24, 2.45) is 0 Å². The Hall–Kier alpha value is -1.40. The third kappa shape index (κ3) is 5.07. The van der Waals surface area contributed by atoms with Gasteiger partial charge in [-0.15, -0.1) is 0 Å². The number of nitrogens with zero attached hydrogens (tertiary/aromatic N) is 2. The van der Waals surface area contributed by atoms with Gasteiger partial charge in [-0.1, -0.05) is 52.7 Å². The van der Waals surface area contributed by atoms with Crippen LogP contribution < -0.4 is 0 Å². The molecule has 0 aromatic heterocycles. The highest BCUT2D eigenvalue weighted by atomic mass is 32.2. The number of carbonyl (C=O) groups excluding carboxylic acids is 1. The Morgan fingerprint density at radius 1 is 1.00 bits per heavy atom. The molecule has 5 nitrogen and oxygen atoms in total. The molecule has 0 unspecified atom stereocenters. The van der Waals surface area contributed by atoms with Gasteiger partial charge in [0.15, 0.2) is 0 Å². The largest absolute Gasteiger partial charge is 0.340 e. The first kappa shape index (κ1) is 20.9. The van der Waals surface area contributed by atoms with E-state index in [1.54, 1.807) is 17.0 Å². The minimum absolute atomic E-state index is 0.00788. The highest BCUT2D eigenvalue weighted by Gasteiger charge is 2.30. The lowest BCUT2D eigenvalue weighted by molar-refractivity contribution is -0.132. The molecule has 26 heavy (non-hydrogen) atoms. The zero-order valence-electron chi connectivity index (χ0n) is 16.5. The van der Waals surface area contributed by atoms with Crippen molar-refractivity contribution >= 4 is 15.9 Å². The van der Waals surface area contributed by atoms with E-state index in [9.17, 15) is 13.2 Å². The van der Waals surface area contributed by atoms with Gasteiger partial charge in [0.05, 0.1) is 4.90 Å². The Bertz CT molecular complexity index is 698. The van der Waals surface area contributed by atoms with E-state index in [0.717, 1.165) is 24.8 Å². The normalized spacial score (nSPS) is 16.7. The fourth-order valence-corrected chi connectivity index (χ4v) is 4.56. The number of sulfonamides is 1. The molecule has 1 saturated heterocycles. The molecule has 1 aliphatic heterocycles. The van der Waals surface area contributed by atoms with Crippen molar-refractivity contribution in [3.63, 3.8) is 0 Å². The summed E-state index contributed by atoms with van der Waals surface area (Å²) in [5, 5.41) is 0. The smallest absolute Gasteiger partial charge is 0.243 e. The van der Waals surface area contributed by atoms with Crippen LogP contribution >= 0.6 is 0 Å². The average molecular weight is 381 g/mol. The Kier molecular flexibility index (Phi) is 6.86. The Balaban J connectivity index is 1.98. The summed E-state index contributed by atoms with van der Waals surface area (Å²) in [4.78, 5) is 14.3. The lowest BCUT2D eigenvalue weighted by Crippen LogP contribution is -2.50. The maximum Gasteiger partial charge on any atom is 0.243 e. The first-order valence-electron chi connectivity index (χ1n) is 9.54. The molecular formula is C20H32N2O3S. The van der Waals surface area contributed by atoms with Gasteiger partial charge in [-0.2, -0.15) is 4.31 Å². The molecule has 1 aromatic carbocycles. The van der Waals surface area contributed by atoms with Gasteiger partial charge in [0.1, 0.15) is 0 Å². The van der Waals surface area contributed by atoms with Crippen molar-refractivity contribution in [2.75, 3.05) is 26.2 Å². The van der Waals surface area contributed by atoms with Crippen molar-refractivity contribution in [1.29, 1.82) is 0 Å². The van der Waals surface area contributed by atoms with E-state index in [-0.39, 0.29) is 11.3 Å². The lowest BCUT2D eigenvalue weighted by atomic mass is 9.87. The summed E-state index contributed by atoms with van der Waals surface area (Å²) in [6.07, 6.45) is 3.63. The van der Waals surface area contributed by atoms with Crippen LogP contribution in [0, 0.1) is 0 Å². The summed E-state index contributed by atoms with van der Waals surface area (Å²) in [5.74, 6) is 0.144. The maximum absolute atomic E-state index is 12.9. The van der Waals surface area contributed by atoms with Crippen LogP contribution in [0.3, 0.4) is 0 Å². The number of rotatable bonds is 6. The fourth-order valence-electron chi connectivity index (χ4n) is 3.14. The van der Waals surface area contributed by atoms with Gasteiger partial charge in [-0.05, 0) is 29.5 Å². The number of hydrogen-bond acceptors (Lipinski definition) is 3. The lowest BCUT2D eigenvalue weighted by Gasteiger charge is -2.34. The van der Waals surface area contributed by atoms with Gasteiger partial charge in [0.2, 0.25) is 15.9 Å². The minimum Gasteiger partial charge on any atom is -0.340 e. The molecule has 0 radical (unpaired) electrons. The van der Waals surface area contributed by atoms with Crippen molar-refractivity contribution in [1.82, 2.24) is 9.21 Å². The van der Waals surface area contributed by atoms with E-state index in [1.807, 2.05) is 12.1 Å².